The van der Waals surface area contributed by atoms with Crippen LogP contribution in [0.2, 0.25) is 0 Å². The first-order valence-electron chi connectivity index (χ1n) is 9.96. The largest absolute Gasteiger partial charge is 0.497 e. The van der Waals surface area contributed by atoms with Crippen molar-refractivity contribution < 1.29 is 18.3 Å². The average Bonchev–Trinajstić information content (AvgIpc) is 3.53. The highest BCUT2D eigenvalue weighted by atomic mass is 19.3. The number of hydrogen-bond acceptors (Lipinski definition) is 4. The SMILES string of the molecule is COc1cccc(C(C)NC(=O)Cn2nc(C)c3c(C(F)F)cc(C4CC4)nc32)c1. The highest BCUT2D eigenvalue weighted by Gasteiger charge is 2.29. The number of fused-ring (bicyclic) bond motifs is 1. The lowest BCUT2D eigenvalue weighted by atomic mass is 10.1. The Morgan fingerprint density at radius 3 is 2.77 bits per heavy atom. The monoisotopic (exact) mass is 414 g/mol. The van der Waals surface area contributed by atoms with Gasteiger partial charge in [0.25, 0.3) is 6.43 Å². The van der Waals surface area contributed by atoms with E-state index in [9.17, 15) is 13.6 Å². The van der Waals surface area contributed by atoms with E-state index in [0.717, 1.165) is 18.4 Å². The Labute approximate surface area is 173 Å². The predicted octanol–water partition coefficient (Wildman–Crippen LogP) is 4.44. The van der Waals surface area contributed by atoms with Crippen LogP contribution in [0.15, 0.2) is 30.3 Å². The molecule has 3 aromatic rings. The molecule has 1 saturated carbocycles. The van der Waals surface area contributed by atoms with Crippen LogP contribution in [0, 0.1) is 6.92 Å². The van der Waals surface area contributed by atoms with E-state index < -0.39 is 6.43 Å². The quantitative estimate of drug-likeness (QED) is 0.621. The van der Waals surface area contributed by atoms with Crippen molar-refractivity contribution >= 4 is 16.9 Å². The molecule has 2 aromatic heterocycles. The van der Waals surface area contributed by atoms with E-state index in [0.29, 0.717) is 28.2 Å². The van der Waals surface area contributed by atoms with Crippen molar-refractivity contribution in [3.8, 4) is 5.75 Å². The fourth-order valence-electron chi connectivity index (χ4n) is 3.69. The van der Waals surface area contributed by atoms with Gasteiger partial charge >= 0.3 is 0 Å². The summed E-state index contributed by atoms with van der Waals surface area (Å²) < 4.78 is 34.0. The van der Waals surface area contributed by atoms with Crippen molar-refractivity contribution in [1.29, 1.82) is 0 Å². The molecule has 1 atom stereocenters. The Morgan fingerprint density at radius 2 is 2.10 bits per heavy atom. The lowest BCUT2D eigenvalue weighted by molar-refractivity contribution is -0.122. The van der Waals surface area contributed by atoms with Gasteiger partial charge in [-0.2, -0.15) is 5.10 Å². The first-order chi connectivity index (χ1) is 14.4. The van der Waals surface area contributed by atoms with Crippen LogP contribution in [0.5, 0.6) is 5.75 Å². The molecule has 1 aliphatic rings. The van der Waals surface area contributed by atoms with Gasteiger partial charge in [-0.15, -0.1) is 0 Å². The number of alkyl halides is 2. The minimum Gasteiger partial charge on any atom is -0.497 e. The van der Waals surface area contributed by atoms with Crippen LogP contribution in [-0.2, 0) is 11.3 Å². The number of ether oxygens (including phenoxy) is 1. The molecule has 8 heteroatoms. The number of pyridine rings is 1. The summed E-state index contributed by atoms with van der Waals surface area (Å²) in [5.41, 5.74) is 2.29. The highest BCUT2D eigenvalue weighted by molar-refractivity contribution is 5.85. The molecule has 6 nitrogen and oxygen atoms in total. The number of amides is 1. The molecule has 158 valence electrons. The number of nitrogens with one attached hydrogen (secondary N) is 1. The van der Waals surface area contributed by atoms with Crippen LogP contribution < -0.4 is 10.1 Å². The van der Waals surface area contributed by atoms with Gasteiger partial charge in [0.2, 0.25) is 5.91 Å². The van der Waals surface area contributed by atoms with Crippen molar-refractivity contribution in [2.75, 3.05) is 7.11 Å². The third kappa shape index (κ3) is 3.99. The van der Waals surface area contributed by atoms with Gasteiger partial charge in [-0.1, -0.05) is 12.1 Å². The van der Waals surface area contributed by atoms with E-state index in [2.05, 4.69) is 15.4 Å². The fraction of sp³-hybridized carbons (Fsp3) is 0.409. The Bertz CT molecular complexity index is 1090. The number of rotatable bonds is 7. The maximum Gasteiger partial charge on any atom is 0.264 e. The topological polar surface area (TPSA) is 69.0 Å². The summed E-state index contributed by atoms with van der Waals surface area (Å²) in [6.07, 6.45) is -0.717. The van der Waals surface area contributed by atoms with Crippen LogP contribution in [0.1, 0.15) is 60.7 Å². The van der Waals surface area contributed by atoms with E-state index in [1.807, 2.05) is 31.2 Å². The smallest absolute Gasteiger partial charge is 0.264 e. The van der Waals surface area contributed by atoms with Gasteiger partial charge in [-0.25, -0.2) is 18.4 Å². The zero-order chi connectivity index (χ0) is 21.4. The molecular formula is C22H24F2N4O2. The van der Waals surface area contributed by atoms with Gasteiger partial charge in [0.15, 0.2) is 5.65 Å². The second-order valence-corrected chi connectivity index (χ2v) is 7.72. The average molecular weight is 414 g/mol. The molecular weight excluding hydrogens is 390 g/mol. The zero-order valence-corrected chi connectivity index (χ0v) is 17.2. The standard InChI is InChI=1S/C22H24F2N4O2/c1-12(15-5-4-6-16(9-15)30-3)25-19(29)11-28-22-20(13(2)27-28)17(21(23)24)10-18(26-22)14-7-8-14/h4-6,9-10,12,14,21H,7-8,11H2,1-3H3,(H,25,29). The van der Waals surface area contributed by atoms with Crippen LogP contribution in [-0.4, -0.2) is 27.8 Å². The molecule has 2 heterocycles. The molecule has 0 aliphatic heterocycles. The van der Waals surface area contributed by atoms with Gasteiger partial charge in [0.1, 0.15) is 12.3 Å². The summed E-state index contributed by atoms with van der Waals surface area (Å²) >= 11 is 0. The number of benzene rings is 1. The zero-order valence-electron chi connectivity index (χ0n) is 17.2. The van der Waals surface area contributed by atoms with Crippen LogP contribution in [0.4, 0.5) is 8.78 Å². The summed E-state index contributed by atoms with van der Waals surface area (Å²) in [6.45, 7) is 3.44. The van der Waals surface area contributed by atoms with Crippen molar-refractivity contribution in [3.05, 3.63) is 52.8 Å². The normalized spacial score (nSPS) is 14.9. The molecule has 1 aliphatic carbocycles. The molecule has 1 aromatic carbocycles. The Balaban J connectivity index is 1.59. The molecule has 0 radical (unpaired) electrons. The molecule has 30 heavy (non-hydrogen) atoms. The van der Waals surface area contributed by atoms with Crippen molar-refractivity contribution in [2.24, 2.45) is 0 Å². The summed E-state index contributed by atoms with van der Waals surface area (Å²) in [5.74, 6) is 0.656. The van der Waals surface area contributed by atoms with E-state index in [4.69, 9.17) is 4.74 Å². The number of nitrogens with zero attached hydrogens (tertiary/aromatic N) is 3. The Hall–Kier alpha value is -3.03. The van der Waals surface area contributed by atoms with Crippen LogP contribution in [0.3, 0.4) is 0 Å². The molecule has 1 fully saturated rings. The molecule has 0 spiro atoms. The number of hydrogen-bond donors (Lipinski definition) is 1. The second-order valence-electron chi connectivity index (χ2n) is 7.72. The van der Waals surface area contributed by atoms with Gasteiger partial charge in [-0.3, -0.25) is 4.79 Å². The van der Waals surface area contributed by atoms with E-state index >= 15 is 0 Å². The van der Waals surface area contributed by atoms with Crippen LogP contribution >= 0.6 is 0 Å². The summed E-state index contributed by atoms with van der Waals surface area (Å²) in [4.78, 5) is 17.3. The van der Waals surface area contributed by atoms with E-state index in [1.54, 1.807) is 14.0 Å². The maximum atomic E-state index is 13.7. The number of halogens is 2. The summed E-state index contributed by atoms with van der Waals surface area (Å²) in [6, 6.07) is 8.70. The maximum absolute atomic E-state index is 13.7. The summed E-state index contributed by atoms with van der Waals surface area (Å²) in [5, 5.41) is 7.60. The first kappa shape index (κ1) is 20.3. The van der Waals surface area contributed by atoms with Crippen molar-refractivity contribution in [3.63, 3.8) is 0 Å². The summed E-state index contributed by atoms with van der Waals surface area (Å²) in [7, 11) is 1.59. The highest BCUT2D eigenvalue weighted by Crippen LogP contribution is 2.41. The minimum absolute atomic E-state index is 0.0594. The van der Waals surface area contributed by atoms with E-state index in [-0.39, 0.29) is 30.0 Å². The van der Waals surface area contributed by atoms with Gasteiger partial charge in [-0.05, 0) is 50.5 Å². The number of carbonyl (C=O) groups excluding carboxylic acids is 1. The van der Waals surface area contributed by atoms with Crippen molar-refractivity contribution in [2.45, 2.75) is 51.6 Å². The van der Waals surface area contributed by atoms with Gasteiger partial charge in [0.05, 0.1) is 24.2 Å². The number of aromatic nitrogens is 3. The number of aryl methyl sites for hydroxylation is 1. The number of carbonyl (C=O) groups is 1. The van der Waals surface area contributed by atoms with Gasteiger partial charge in [0, 0.05) is 17.2 Å². The number of methoxy groups -OCH3 is 1. The second kappa shape index (κ2) is 8.01. The van der Waals surface area contributed by atoms with Crippen LogP contribution in [0.25, 0.3) is 11.0 Å². The molecule has 1 N–H and O–H groups in total. The molecule has 1 unspecified atom stereocenters. The minimum atomic E-state index is -2.62. The molecule has 4 rings (SSSR count). The lowest BCUT2D eigenvalue weighted by Crippen LogP contribution is -2.30. The van der Waals surface area contributed by atoms with Gasteiger partial charge < -0.3 is 10.1 Å². The first-order valence-corrected chi connectivity index (χ1v) is 9.96. The molecule has 1 amide bonds. The van der Waals surface area contributed by atoms with E-state index in [1.165, 1.54) is 10.7 Å². The van der Waals surface area contributed by atoms with Crippen molar-refractivity contribution in [1.82, 2.24) is 20.1 Å². The fourth-order valence-corrected chi connectivity index (χ4v) is 3.69. The molecule has 0 saturated heterocycles. The Morgan fingerprint density at radius 1 is 1.33 bits per heavy atom. The third-order valence-electron chi connectivity index (χ3n) is 5.42. The third-order valence-corrected chi connectivity index (χ3v) is 5.42. The molecule has 0 bridgehead atoms. The predicted molar refractivity (Wildman–Crippen MR) is 109 cm³/mol. The lowest BCUT2D eigenvalue weighted by Gasteiger charge is -2.15. The Kier molecular flexibility index (Phi) is 5.40.